The van der Waals surface area contributed by atoms with Crippen molar-refractivity contribution < 1.29 is 18.7 Å². The number of benzene rings is 1. The second-order valence-corrected chi connectivity index (χ2v) is 8.55. The number of nitrogens with zero attached hydrogens (tertiary/aromatic N) is 1. The second-order valence-electron chi connectivity index (χ2n) is 6.98. The van der Waals surface area contributed by atoms with Gasteiger partial charge in [-0.25, -0.2) is 9.18 Å². The van der Waals surface area contributed by atoms with Gasteiger partial charge in [-0.05, 0) is 68.3 Å². The van der Waals surface area contributed by atoms with E-state index in [1.807, 2.05) is 22.6 Å². The summed E-state index contributed by atoms with van der Waals surface area (Å²) in [5, 5.41) is 2.89. The van der Waals surface area contributed by atoms with Gasteiger partial charge in [-0.1, -0.05) is 11.6 Å². The van der Waals surface area contributed by atoms with Crippen LogP contribution in [0.2, 0.25) is 5.02 Å². The molecule has 1 aliphatic rings. The largest absolute Gasteiger partial charge is 0.444 e. The summed E-state index contributed by atoms with van der Waals surface area (Å²) in [7, 11) is 0. The summed E-state index contributed by atoms with van der Waals surface area (Å²) in [6.07, 6.45) is 1.01. The molecule has 1 N–H and O–H groups in total. The Balaban J connectivity index is 2.04. The van der Waals surface area contributed by atoms with Crippen LogP contribution in [0.15, 0.2) is 12.1 Å². The number of ether oxygens (including phenoxy) is 1. The Morgan fingerprint density at radius 2 is 2.08 bits per heavy atom. The molecule has 1 saturated heterocycles. The maximum absolute atomic E-state index is 13.5. The minimum atomic E-state index is -0.577. The van der Waals surface area contributed by atoms with E-state index in [0.717, 1.165) is 18.9 Å². The molecule has 0 aromatic heterocycles. The van der Waals surface area contributed by atoms with E-state index in [2.05, 4.69) is 5.32 Å². The molecule has 0 aliphatic carbocycles. The molecule has 1 aromatic carbocycles. The van der Waals surface area contributed by atoms with Gasteiger partial charge in [0.15, 0.2) is 0 Å². The predicted octanol–water partition coefficient (Wildman–Crippen LogP) is 4.21. The average molecular weight is 483 g/mol. The monoisotopic (exact) mass is 482 g/mol. The van der Waals surface area contributed by atoms with Gasteiger partial charge in [-0.15, -0.1) is 0 Å². The van der Waals surface area contributed by atoms with Crippen LogP contribution < -0.4 is 5.32 Å². The molecule has 1 heterocycles. The molecule has 1 unspecified atom stereocenters. The van der Waals surface area contributed by atoms with Crippen LogP contribution in [0, 0.1) is 9.39 Å². The lowest BCUT2D eigenvalue weighted by atomic mass is 10.0. The molecular formula is C17H21ClFIN2O3. The van der Waals surface area contributed by atoms with E-state index in [1.54, 1.807) is 25.7 Å². The molecule has 0 saturated carbocycles. The molecule has 5 nitrogen and oxygen atoms in total. The Kier molecular flexibility index (Phi) is 6.53. The summed E-state index contributed by atoms with van der Waals surface area (Å²) in [4.78, 5) is 26.3. The summed E-state index contributed by atoms with van der Waals surface area (Å²) < 4.78 is 19.1. The minimum absolute atomic E-state index is 0.0881. The van der Waals surface area contributed by atoms with Crippen molar-refractivity contribution in [1.82, 2.24) is 10.2 Å². The lowest BCUT2D eigenvalue weighted by Crippen LogP contribution is -2.50. The quantitative estimate of drug-likeness (QED) is 0.507. The summed E-state index contributed by atoms with van der Waals surface area (Å²) in [6.45, 7) is 6.31. The lowest BCUT2D eigenvalue weighted by Gasteiger charge is -2.33. The first-order chi connectivity index (χ1) is 11.6. The normalized spacial score (nSPS) is 18.0. The number of nitrogens with one attached hydrogen (secondary N) is 1. The molecule has 138 valence electrons. The molecule has 25 heavy (non-hydrogen) atoms. The number of halogens is 3. The van der Waals surface area contributed by atoms with Crippen LogP contribution in [0.25, 0.3) is 0 Å². The third kappa shape index (κ3) is 5.70. The van der Waals surface area contributed by atoms with E-state index >= 15 is 0 Å². The number of rotatable bonds is 2. The number of hydrogen-bond acceptors (Lipinski definition) is 3. The first kappa shape index (κ1) is 20.2. The summed E-state index contributed by atoms with van der Waals surface area (Å²) in [5.74, 6) is -0.719. The minimum Gasteiger partial charge on any atom is -0.444 e. The van der Waals surface area contributed by atoms with Gasteiger partial charge in [-0.2, -0.15) is 0 Å². The van der Waals surface area contributed by atoms with Gasteiger partial charge in [0.2, 0.25) is 0 Å². The number of alkyl carbamates (subject to hydrolysis) is 1. The summed E-state index contributed by atoms with van der Waals surface area (Å²) in [6, 6.07) is 2.41. The number of likely N-dealkylation sites (tertiary alicyclic amines) is 1. The number of carbonyl (C=O) groups excluding carboxylic acids is 2. The first-order valence-corrected chi connectivity index (χ1v) is 9.46. The van der Waals surface area contributed by atoms with E-state index in [4.69, 9.17) is 16.3 Å². The Bertz CT molecular complexity index is 679. The van der Waals surface area contributed by atoms with Crippen LogP contribution in [-0.2, 0) is 4.74 Å². The van der Waals surface area contributed by atoms with Crippen LogP contribution in [0.4, 0.5) is 9.18 Å². The van der Waals surface area contributed by atoms with E-state index in [9.17, 15) is 14.0 Å². The Labute approximate surface area is 165 Å². The van der Waals surface area contributed by atoms with Crippen molar-refractivity contribution >= 4 is 46.2 Å². The van der Waals surface area contributed by atoms with Gasteiger partial charge in [0.25, 0.3) is 5.91 Å². The zero-order valence-electron chi connectivity index (χ0n) is 14.4. The first-order valence-electron chi connectivity index (χ1n) is 8.00. The second kappa shape index (κ2) is 8.07. The number of hydrogen-bond donors (Lipinski definition) is 1. The number of amides is 2. The smallest absolute Gasteiger partial charge is 0.407 e. The summed E-state index contributed by atoms with van der Waals surface area (Å²) in [5.41, 5.74) is -0.308. The zero-order valence-corrected chi connectivity index (χ0v) is 17.3. The fourth-order valence-electron chi connectivity index (χ4n) is 2.61. The fourth-order valence-corrected chi connectivity index (χ4v) is 3.31. The summed E-state index contributed by atoms with van der Waals surface area (Å²) >= 11 is 7.85. The SMILES string of the molecule is CC(C)(C)OC(=O)NC1CCCN(C(=O)c2cc(I)c(F)cc2Cl)C1. The molecule has 8 heteroatoms. The van der Waals surface area contributed by atoms with Crippen LogP contribution in [-0.4, -0.2) is 41.6 Å². The highest BCUT2D eigenvalue weighted by molar-refractivity contribution is 14.1. The third-order valence-electron chi connectivity index (χ3n) is 3.67. The average Bonchev–Trinajstić information content (AvgIpc) is 2.48. The lowest BCUT2D eigenvalue weighted by molar-refractivity contribution is 0.0452. The Morgan fingerprint density at radius 3 is 2.72 bits per heavy atom. The molecule has 1 fully saturated rings. The van der Waals surface area contributed by atoms with Crippen molar-refractivity contribution in [2.75, 3.05) is 13.1 Å². The highest BCUT2D eigenvalue weighted by Crippen LogP contribution is 2.24. The standard InChI is InChI=1S/C17H21ClFIN2O3/c1-17(2,3)25-16(24)21-10-5-4-6-22(9-10)15(23)11-7-14(20)13(19)8-12(11)18/h7-8,10H,4-6,9H2,1-3H3,(H,21,24). The van der Waals surface area contributed by atoms with Gasteiger partial charge in [0, 0.05) is 22.7 Å². The molecule has 2 amide bonds. The third-order valence-corrected chi connectivity index (χ3v) is 4.81. The highest BCUT2D eigenvalue weighted by atomic mass is 127. The molecule has 0 spiro atoms. The number of carbonyl (C=O) groups is 2. The van der Waals surface area contributed by atoms with Crippen LogP contribution in [0.3, 0.4) is 0 Å². The van der Waals surface area contributed by atoms with E-state index < -0.39 is 17.5 Å². The van der Waals surface area contributed by atoms with Crippen LogP contribution in [0.5, 0.6) is 0 Å². The fraction of sp³-hybridized carbons (Fsp3) is 0.529. The molecule has 1 aliphatic heterocycles. The molecule has 0 bridgehead atoms. The van der Waals surface area contributed by atoms with Crippen LogP contribution >= 0.6 is 34.2 Å². The Hall–Kier alpha value is -1.09. The molecular weight excluding hydrogens is 462 g/mol. The van der Waals surface area contributed by atoms with Gasteiger partial charge >= 0.3 is 6.09 Å². The number of piperidine rings is 1. The maximum atomic E-state index is 13.5. The molecule has 1 atom stereocenters. The van der Waals surface area contributed by atoms with Crippen molar-refractivity contribution in [2.24, 2.45) is 0 Å². The molecule has 1 aromatic rings. The maximum Gasteiger partial charge on any atom is 0.407 e. The zero-order chi connectivity index (χ0) is 18.8. The Morgan fingerprint density at radius 1 is 1.40 bits per heavy atom. The van der Waals surface area contributed by atoms with E-state index in [-0.39, 0.29) is 22.5 Å². The predicted molar refractivity (Wildman–Crippen MR) is 102 cm³/mol. The van der Waals surface area contributed by atoms with Crippen molar-refractivity contribution in [3.05, 3.63) is 32.1 Å². The van der Waals surface area contributed by atoms with Gasteiger partial charge in [0.05, 0.1) is 10.6 Å². The van der Waals surface area contributed by atoms with E-state index in [0.29, 0.717) is 16.7 Å². The van der Waals surface area contributed by atoms with Gasteiger partial charge < -0.3 is 15.0 Å². The van der Waals surface area contributed by atoms with Crippen molar-refractivity contribution in [3.63, 3.8) is 0 Å². The molecule has 0 radical (unpaired) electrons. The van der Waals surface area contributed by atoms with Crippen molar-refractivity contribution in [1.29, 1.82) is 0 Å². The van der Waals surface area contributed by atoms with Crippen molar-refractivity contribution in [3.8, 4) is 0 Å². The van der Waals surface area contributed by atoms with Gasteiger partial charge in [-0.3, -0.25) is 4.79 Å². The topological polar surface area (TPSA) is 58.6 Å². The van der Waals surface area contributed by atoms with Gasteiger partial charge in [0.1, 0.15) is 11.4 Å². The highest BCUT2D eigenvalue weighted by Gasteiger charge is 2.28. The van der Waals surface area contributed by atoms with Crippen LogP contribution in [0.1, 0.15) is 44.0 Å². The van der Waals surface area contributed by atoms with Crippen molar-refractivity contribution in [2.45, 2.75) is 45.3 Å². The molecule has 2 rings (SSSR count). The van der Waals surface area contributed by atoms with E-state index in [1.165, 1.54) is 6.07 Å².